The standard InChI is InChI=1S/C14H20Cl2N2O/c1-5-17-14(2,3)13(19)18(4)9-10-6-7-11(15)8-12(10)16/h6-8,17H,5,9H2,1-4H3. The van der Waals surface area contributed by atoms with Crippen LogP contribution >= 0.6 is 23.2 Å². The molecule has 3 nitrogen and oxygen atoms in total. The number of carbonyl (C=O) groups excluding carboxylic acids is 1. The highest BCUT2D eigenvalue weighted by Gasteiger charge is 2.29. The molecular weight excluding hydrogens is 283 g/mol. The highest BCUT2D eigenvalue weighted by molar-refractivity contribution is 6.35. The van der Waals surface area contributed by atoms with Gasteiger partial charge in [-0.2, -0.15) is 0 Å². The zero-order valence-electron chi connectivity index (χ0n) is 11.8. The Kier molecular flexibility index (Phi) is 5.65. The molecule has 0 saturated carbocycles. The number of halogens is 2. The SMILES string of the molecule is CCNC(C)(C)C(=O)N(C)Cc1ccc(Cl)cc1Cl. The van der Waals surface area contributed by atoms with Crippen molar-refractivity contribution in [2.75, 3.05) is 13.6 Å². The molecule has 1 amide bonds. The Morgan fingerprint density at radius 1 is 1.37 bits per heavy atom. The first kappa shape index (κ1) is 16.3. The lowest BCUT2D eigenvalue weighted by Crippen LogP contribution is -2.52. The average molecular weight is 303 g/mol. The van der Waals surface area contributed by atoms with E-state index >= 15 is 0 Å². The number of nitrogens with zero attached hydrogens (tertiary/aromatic N) is 1. The van der Waals surface area contributed by atoms with Crippen molar-refractivity contribution in [1.82, 2.24) is 10.2 Å². The Balaban J connectivity index is 2.79. The normalized spacial score (nSPS) is 11.5. The van der Waals surface area contributed by atoms with Crippen LogP contribution in [0.2, 0.25) is 10.0 Å². The molecule has 0 heterocycles. The summed E-state index contributed by atoms with van der Waals surface area (Å²) >= 11 is 12.0. The number of carbonyl (C=O) groups is 1. The Bertz CT molecular complexity index is 461. The van der Waals surface area contributed by atoms with Crippen LogP contribution in [0.5, 0.6) is 0 Å². The summed E-state index contributed by atoms with van der Waals surface area (Å²) in [6, 6.07) is 5.30. The summed E-state index contributed by atoms with van der Waals surface area (Å²) in [5.74, 6) is 0.0281. The zero-order chi connectivity index (χ0) is 14.6. The van der Waals surface area contributed by atoms with Crippen molar-refractivity contribution >= 4 is 29.1 Å². The number of hydrogen-bond acceptors (Lipinski definition) is 2. The number of rotatable bonds is 5. The highest BCUT2D eigenvalue weighted by atomic mass is 35.5. The molecule has 0 aromatic heterocycles. The van der Waals surface area contributed by atoms with Crippen LogP contribution in [-0.2, 0) is 11.3 Å². The third-order valence-electron chi connectivity index (χ3n) is 2.92. The van der Waals surface area contributed by atoms with Gasteiger partial charge in [-0.05, 0) is 38.1 Å². The van der Waals surface area contributed by atoms with E-state index in [2.05, 4.69) is 5.32 Å². The van der Waals surface area contributed by atoms with Crippen LogP contribution in [-0.4, -0.2) is 29.9 Å². The van der Waals surface area contributed by atoms with E-state index in [9.17, 15) is 4.79 Å². The van der Waals surface area contributed by atoms with E-state index < -0.39 is 5.54 Å². The molecule has 0 saturated heterocycles. The van der Waals surface area contributed by atoms with Gasteiger partial charge in [-0.15, -0.1) is 0 Å². The first-order chi connectivity index (χ1) is 8.77. The van der Waals surface area contributed by atoms with E-state index in [-0.39, 0.29) is 5.91 Å². The van der Waals surface area contributed by atoms with Gasteiger partial charge in [0.1, 0.15) is 0 Å². The fourth-order valence-corrected chi connectivity index (χ4v) is 2.44. The van der Waals surface area contributed by atoms with Crippen LogP contribution in [0.25, 0.3) is 0 Å². The minimum atomic E-state index is -0.581. The maximum Gasteiger partial charge on any atom is 0.242 e. The number of benzene rings is 1. The van der Waals surface area contributed by atoms with Crippen LogP contribution in [0, 0.1) is 0 Å². The molecule has 0 aliphatic heterocycles. The topological polar surface area (TPSA) is 32.3 Å². The number of likely N-dealkylation sites (N-methyl/N-ethyl adjacent to an activating group) is 2. The fourth-order valence-electron chi connectivity index (χ4n) is 1.97. The lowest BCUT2D eigenvalue weighted by molar-refractivity contribution is -0.136. The zero-order valence-corrected chi connectivity index (χ0v) is 13.3. The van der Waals surface area contributed by atoms with Crippen molar-refractivity contribution in [3.63, 3.8) is 0 Å². The predicted molar refractivity (Wildman–Crippen MR) is 80.7 cm³/mol. The third kappa shape index (κ3) is 4.37. The van der Waals surface area contributed by atoms with Gasteiger partial charge in [-0.1, -0.05) is 36.2 Å². The molecule has 0 bridgehead atoms. The first-order valence-corrected chi connectivity index (χ1v) is 6.98. The van der Waals surface area contributed by atoms with Gasteiger partial charge < -0.3 is 10.2 Å². The van der Waals surface area contributed by atoms with E-state index in [1.807, 2.05) is 26.8 Å². The first-order valence-electron chi connectivity index (χ1n) is 6.22. The largest absolute Gasteiger partial charge is 0.340 e. The van der Waals surface area contributed by atoms with Gasteiger partial charge in [0, 0.05) is 23.6 Å². The highest BCUT2D eigenvalue weighted by Crippen LogP contribution is 2.22. The molecule has 1 N–H and O–H groups in total. The Hall–Kier alpha value is -0.770. The molecule has 0 atom stereocenters. The van der Waals surface area contributed by atoms with E-state index in [0.29, 0.717) is 16.6 Å². The van der Waals surface area contributed by atoms with E-state index in [4.69, 9.17) is 23.2 Å². The molecule has 1 rings (SSSR count). The van der Waals surface area contributed by atoms with Crippen molar-refractivity contribution in [2.45, 2.75) is 32.9 Å². The number of amides is 1. The van der Waals surface area contributed by atoms with Crippen molar-refractivity contribution in [2.24, 2.45) is 0 Å². The molecule has 0 unspecified atom stereocenters. The van der Waals surface area contributed by atoms with Crippen LogP contribution in [0.1, 0.15) is 26.3 Å². The van der Waals surface area contributed by atoms with Gasteiger partial charge in [-0.3, -0.25) is 4.79 Å². The monoisotopic (exact) mass is 302 g/mol. The molecule has 1 aromatic rings. The molecule has 19 heavy (non-hydrogen) atoms. The summed E-state index contributed by atoms with van der Waals surface area (Å²) in [4.78, 5) is 14.0. The predicted octanol–water partition coefficient (Wildman–Crippen LogP) is 3.34. The Labute approximate surface area is 124 Å². The molecule has 0 aliphatic carbocycles. The summed E-state index contributed by atoms with van der Waals surface area (Å²) in [5.41, 5.74) is 0.303. The maximum atomic E-state index is 12.3. The van der Waals surface area contributed by atoms with Crippen molar-refractivity contribution in [3.8, 4) is 0 Å². The maximum absolute atomic E-state index is 12.3. The average Bonchev–Trinajstić information content (AvgIpc) is 2.31. The number of nitrogens with one attached hydrogen (secondary N) is 1. The second-order valence-corrected chi connectivity index (χ2v) is 5.90. The molecule has 5 heteroatoms. The Morgan fingerprint density at radius 2 is 2.00 bits per heavy atom. The molecule has 0 fully saturated rings. The molecule has 0 aliphatic rings. The van der Waals surface area contributed by atoms with E-state index in [0.717, 1.165) is 12.1 Å². The summed E-state index contributed by atoms with van der Waals surface area (Å²) in [6.07, 6.45) is 0. The quantitative estimate of drug-likeness (QED) is 0.905. The second-order valence-electron chi connectivity index (χ2n) is 5.05. The van der Waals surface area contributed by atoms with Gasteiger partial charge in [0.15, 0.2) is 0 Å². The van der Waals surface area contributed by atoms with Gasteiger partial charge in [0.2, 0.25) is 5.91 Å². The number of hydrogen-bond donors (Lipinski definition) is 1. The van der Waals surface area contributed by atoms with Crippen molar-refractivity contribution in [1.29, 1.82) is 0 Å². The van der Waals surface area contributed by atoms with Gasteiger partial charge in [0.25, 0.3) is 0 Å². The Morgan fingerprint density at radius 3 is 2.53 bits per heavy atom. The summed E-state index contributed by atoms with van der Waals surface area (Å²) < 4.78 is 0. The molecule has 1 aromatic carbocycles. The van der Waals surface area contributed by atoms with Gasteiger partial charge in [0.05, 0.1) is 5.54 Å². The van der Waals surface area contributed by atoms with Crippen LogP contribution in [0.4, 0.5) is 0 Å². The molecule has 0 radical (unpaired) electrons. The van der Waals surface area contributed by atoms with Crippen molar-refractivity contribution < 1.29 is 4.79 Å². The molecule has 0 spiro atoms. The lowest BCUT2D eigenvalue weighted by Gasteiger charge is -2.30. The summed E-state index contributed by atoms with van der Waals surface area (Å²) in [7, 11) is 1.77. The van der Waals surface area contributed by atoms with Crippen LogP contribution in [0.3, 0.4) is 0 Å². The van der Waals surface area contributed by atoms with Gasteiger partial charge in [-0.25, -0.2) is 0 Å². The van der Waals surface area contributed by atoms with Crippen LogP contribution in [0.15, 0.2) is 18.2 Å². The smallest absolute Gasteiger partial charge is 0.242 e. The summed E-state index contributed by atoms with van der Waals surface area (Å²) in [5, 5.41) is 4.34. The van der Waals surface area contributed by atoms with Crippen LogP contribution < -0.4 is 5.32 Å². The summed E-state index contributed by atoms with van der Waals surface area (Å²) in [6.45, 7) is 6.93. The van der Waals surface area contributed by atoms with Crippen molar-refractivity contribution in [3.05, 3.63) is 33.8 Å². The lowest BCUT2D eigenvalue weighted by atomic mass is 10.0. The molecular formula is C14H20Cl2N2O. The second kappa shape index (κ2) is 6.60. The minimum Gasteiger partial charge on any atom is -0.340 e. The molecule has 106 valence electrons. The van der Waals surface area contributed by atoms with Gasteiger partial charge >= 0.3 is 0 Å². The van der Waals surface area contributed by atoms with E-state index in [1.54, 1.807) is 24.1 Å². The third-order valence-corrected chi connectivity index (χ3v) is 3.51. The fraction of sp³-hybridized carbons (Fsp3) is 0.500. The minimum absolute atomic E-state index is 0.0281. The van der Waals surface area contributed by atoms with E-state index in [1.165, 1.54) is 0 Å².